The van der Waals surface area contributed by atoms with E-state index in [0.29, 0.717) is 13.2 Å². The van der Waals surface area contributed by atoms with E-state index in [-0.39, 0.29) is 36.3 Å². The molecular formula is C17H31IN4O3S2. The van der Waals surface area contributed by atoms with Gasteiger partial charge in [-0.3, -0.25) is 4.99 Å². The Bertz CT molecular complexity index is 684. The molecule has 27 heavy (non-hydrogen) atoms. The molecule has 0 bridgehead atoms. The van der Waals surface area contributed by atoms with Gasteiger partial charge in [0.15, 0.2) is 5.96 Å². The minimum absolute atomic E-state index is 0. The van der Waals surface area contributed by atoms with Crippen LogP contribution in [0.15, 0.2) is 4.99 Å². The van der Waals surface area contributed by atoms with Crippen LogP contribution in [0.5, 0.6) is 0 Å². The lowest BCUT2D eigenvalue weighted by Gasteiger charge is -2.21. The molecule has 0 aliphatic heterocycles. The molecule has 0 amide bonds. The van der Waals surface area contributed by atoms with Gasteiger partial charge in [-0.05, 0) is 32.6 Å². The summed E-state index contributed by atoms with van der Waals surface area (Å²) >= 11 is 1.82. The van der Waals surface area contributed by atoms with E-state index in [4.69, 9.17) is 9.72 Å². The lowest BCUT2D eigenvalue weighted by atomic mass is 10.0. The van der Waals surface area contributed by atoms with Gasteiger partial charge in [0, 0.05) is 24.7 Å². The van der Waals surface area contributed by atoms with Gasteiger partial charge in [-0.2, -0.15) is 0 Å². The number of halogens is 1. The van der Waals surface area contributed by atoms with E-state index in [1.54, 1.807) is 0 Å². The van der Waals surface area contributed by atoms with Gasteiger partial charge in [-0.15, -0.1) is 35.3 Å². The third-order valence-corrected chi connectivity index (χ3v) is 6.10. The minimum atomic E-state index is -2.97. The molecule has 0 aromatic carbocycles. The van der Waals surface area contributed by atoms with Gasteiger partial charge in [0.1, 0.15) is 14.8 Å². The third kappa shape index (κ3) is 9.05. The van der Waals surface area contributed by atoms with Gasteiger partial charge >= 0.3 is 0 Å². The fraction of sp³-hybridized carbons (Fsp3) is 0.765. The monoisotopic (exact) mass is 530 g/mol. The summed E-state index contributed by atoms with van der Waals surface area (Å²) in [6.07, 6.45) is 6.00. The zero-order valence-corrected chi connectivity index (χ0v) is 20.3. The average molecular weight is 530 g/mol. The van der Waals surface area contributed by atoms with E-state index in [2.05, 4.69) is 15.2 Å². The van der Waals surface area contributed by atoms with Crippen LogP contribution in [0.2, 0.25) is 0 Å². The summed E-state index contributed by atoms with van der Waals surface area (Å²) in [7, 11) is -0.967. The molecule has 0 saturated heterocycles. The molecular weight excluding hydrogens is 499 g/mol. The second-order valence-electron chi connectivity index (χ2n) is 6.52. The van der Waals surface area contributed by atoms with Gasteiger partial charge in [-0.1, -0.05) is 0 Å². The van der Waals surface area contributed by atoms with Gasteiger partial charge in [0.25, 0.3) is 0 Å². The van der Waals surface area contributed by atoms with Crippen LogP contribution < -0.4 is 5.32 Å². The number of nitrogens with zero attached hydrogens (tertiary/aromatic N) is 3. The Hall–Kier alpha value is -0.460. The first-order valence-electron chi connectivity index (χ1n) is 9.11. The van der Waals surface area contributed by atoms with Crippen molar-refractivity contribution in [1.82, 2.24) is 15.2 Å². The molecule has 0 unspecified atom stereocenters. The Morgan fingerprint density at radius 3 is 2.74 bits per heavy atom. The maximum Gasteiger partial charge on any atom is 0.194 e. The third-order valence-electron chi connectivity index (χ3n) is 4.05. The standard InChI is InChI=1S/C17H30N4O3S2.HI/c1-4-18-17(19-9-10-24-11-12-26(3,22)23)21(2)13-16-20-14-7-5-6-8-15(14)25-16;/h4-13H2,1-3H3,(H,18,19);1H. The second-order valence-corrected chi connectivity index (χ2v) is 9.95. The number of fused-ring (bicyclic) bond motifs is 1. The lowest BCUT2D eigenvalue weighted by molar-refractivity contribution is 0.157. The van der Waals surface area contributed by atoms with E-state index < -0.39 is 9.84 Å². The van der Waals surface area contributed by atoms with Crippen molar-refractivity contribution in [3.63, 3.8) is 0 Å². The Morgan fingerprint density at radius 2 is 2.07 bits per heavy atom. The van der Waals surface area contributed by atoms with E-state index in [0.717, 1.165) is 36.9 Å². The highest BCUT2D eigenvalue weighted by Crippen LogP contribution is 2.27. The summed E-state index contributed by atoms with van der Waals surface area (Å²) in [6, 6.07) is 0. The van der Waals surface area contributed by atoms with E-state index in [9.17, 15) is 8.42 Å². The number of aryl methyl sites for hydroxylation is 2. The molecule has 1 aromatic rings. The summed E-state index contributed by atoms with van der Waals surface area (Å²) in [6.45, 7) is 4.67. The van der Waals surface area contributed by atoms with E-state index in [1.807, 2.05) is 25.3 Å². The normalized spacial score (nSPS) is 14.4. The second kappa shape index (κ2) is 12.2. The van der Waals surface area contributed by atoms with Crippen molar-refractivity contribution >= 4 is 51.1 Å². The number of ether oxygens (including phenoxy) is 1. The summed E-state index contributed by atoms with van der Waals surface area (Å²) < 4.78 is 27.5. The first kappa shape index (κ1) is 24.6. The number of nitrogens with one attached hydrogen (secondary N) is 1. The van der Waals surface area contributed by atoms with Crippen LogP contribution in [0.25, 0.3) is 0 Å². The SMILES string of the molecule is CCNC(=NCCOCCS(C)(=O)=O)N(C)Cc1nc2c(s1)CCCC2.I. The van der Waals surface area contributed by atoms with Crippen molar-refractivity contribution in [3.8, 4) is 0 Å². The van der Waals surface area contributed by atoms with E-state index in [1.165, 1.54) is 29.7 Å². The molecule has 10 heteroatoms. The predicted octanol–water partition coefficient (Wildman–Crippen LogP) is 2.10. The maximum atomic E-state index is 11.1. The van der Waals surface area contributed by atoms with E-state index >= 15 is 0 Å². The van der Waals surface area contributed by atoms with Crippen LogP contribution in [0.1, 0.15) is 35.3 Å². The zero-order chi connectivity index (χ0) is 19.0. The molecule has 7 nitrogen and oxygen atoms in total. The van der Waals surface area contributed by atoms with Crippen molar-refractivity contribution in [2.75, 3.05) is 45.4 Å². The Labute approximate surface area is 183 Å². The molecule has 1 heterocycles. The van der Waals surface area contributed by atoms with Crippen LogP contribution >= 0.6 is 35.3 Å². The largest absolute Gasteiger partial charge is 0.378 e. The highest BCUT2D eigenvalue weighted by Gasteiger charge is 2.16. The summed E-state index contributed by atoms with van der Waals surface area (Å²) in [4.78, 5) is 12.9. The topological polar surface area (TPSA) is 83.9 Å². The zero-order valence-electron chi connectivity index (χ0n) is 16.4. The summed E-state index contributed by atoms with van der Waals surface area (Å²) in [5.74, 6) is 0.859. The molecule has 1 aliphatic carbocycles. The van der Waals surface area contributed by atoms with Gasteiger partial charge < -0.3 is 15.0 Å². The van der Waals surface area contributed by atoms with Gasteiger partial charge in [0.05, 0.1) is 37.8 Å². The van der Waals surface area contributed by atoms with Crippen LogP contribution in [-0.4, -0.2) is 69.6 Å². The summed E-state index contributed by atoms with van der Waals surface area (Å²) in [5.41, 5.74) is 1.28. The van der Waals surface area contributed by atoms with Crippen molar-refractivity contribution in [1.29, 1.82) is 0 Å². The number of aromatic nitrogens is 1. The smallest absolute Gasteiger partial charge is 0.194 e. The Morgan fingerprint density at radius 1 is 1.33 bits per heavy atom. The van der Waals surface area contributed by atoms with Gasteiger partial charge in [-0.25, -0.2) is 13.4 Å². The molecule has 0 spiro atoms. The Balaban J connectivity index is 0.00000364. The Kier molecular flexibility index (Phi) is 11.1. The van der Waals surface area contributed by atoms with Crippen molar-refractivity contribution in [2.45, 2.75) is 39.2 Å². The quantitative estimate of drug-likeness (QED) is 0.228. The molecule has 0 atom stereocenters. The molecule has 0 radical (unpaired) electrons. The molecule has 0 fully saturated rings. The number of aliphatic imine (C=N–C) groups is 1. The van der Waals surface area contributed by atoms with Crippen LogP contribution in [-0.2, 0) is 34.0 Å². The number of hydrogen-bond donors (Lipinski definition) is 1. The first-order chi connectivity index (χ1) is 12.4. The highest BCUT2D eigenvalue weighted by atomic mass is 127. The fourth-order valence-electron chi connectivity index (χ4n) is 2.75. The number of rotatable bonds is 9. The van der Waals surface area contributed by atoms with Crippen molar-refractivity contribution in [2.24, 2.45) is 4.99 Å². The molecule has 1 N–H and O–H groups in total. The summed E-state index contributed by atoms with van der Waals surface area (Å²) in [5, 5.41) is 4.41. The number of hydrogen-bond acceptors (Lipinski definition) is 6. The maximum absolute atomic E-state index is 11.1. The number of sulfone groups is 1. The fourth-order valence-corrected chi connectivity index (χ4v) is 4.38. The van der Waals surface area contributed by atoms with Crippen LogP contribution in [0.3, 0.4) is 0 Å². The first-order valence-corrected chi connectivity index (χ1v) is 12.0. The van der Waals surface area contributed by atoms with Crippen molar-refractivity contribution in [3.05, 3.63) is 15.6 Å². The van der Waals surface area contributed by atoms with Gasteiger partial charge in [0.2, 0.25) is 0 Å². The minimum Gasteiger partial charge on any atom is -0.378 e. The molecule has 0 saturated carbocycles. The predicted molar refractivity (Wildman–Crippen MR) is 122 cm³/mol. The van der Waals surface area contributed by atoms with Crippen LogP contribution in [0, 0.1) is 0 Å². The van der Waals surface area contributed by atoms with Crippen molar-refractivity contribution < 1.29 is 13.2 Å². The lowest BCUT2D eigenvalue weighted by Crippen LogP contribution is -2.38. The van der Waals surface area contributed by atoms with Crippen LogP contribution in [0.4, 0.5) is 0 Å². The number of thiazole rings is 1. The molecule has 156 valence electrons. The molecule has 2 rings (SSSR count). The average Bonchev–Trinajstić information content (AvgIpc) is 2.98. The highest BCUT2D eigenvalue weighted by molar-refractivity contribution is 14.0. The number of guanidine groups is 1. The molecule has 1 aromatic heterocycles. The molecule has 1 aliphatic rings.